The highest BCUT2D eigenvalue weighted by molar-refractivity contribution is 5.96. The molecule has 1 aromatic heterocycles. The van der Waals surface area contributed by atoms with E-state index in [-0.39, 0.29) is 24.3 Å². The lowest BCUT2D eigenvalue weighted by atomic mass is 10.1. The van der Waals surface area contributed by atoms with Crippen molar-refractivity contribution in [3.05, 3.63) is 53.2 Å². The molecule has 1 aromatic carbocycles. The Bertz CT molecular complexity index is 657. The van der Waals surface area contributed by atoms with Gasteiger partial charge >= 0.3 is 0 Å². The Kier molecular flexibility index (Phi) is 4.47. The molecule has 0 bridgehead atoms. The maximum absolute atomic E-state index is 13.2. The van der Waals surface area contributed by atoms with Crippen molar-refractivity contribution in [2.45, 2.75) is 6.54 Å². The Hall–Kier alpha value is -2.65. The first-order chi connectivity index (χ1) is 9.70. The van der Waals surface area contributed by atoms with Crippen LogP contribution < -0.4 is 5.32 Å². The summed E-state index contributed by atoms with van der Waals surface area (Å²) in [5.74, 6) is 4.02. The number of aliphatic hydroxyl groups excluding tert-OH is 1. The average molecular weight is 274 g/mol. The minimum atomic E-state index is -0.500. The predicted molar refractivity (Wildman–Crippen MR) is 68.0 cm³/mol. The summed E-state index contributed by atoms with van der Waals surface area (Å²) in [7, 11) is 0. The van der Waals surface area contributed by atoms with E-state index in [1.54, 1.807) is 6.07 Å². The predicted octanol–water partition coefficient (Wildman–Crippen LogP) is 1.09. The summed E-state index contributed by atoms with van der Waals surface area (Å²) < 4.78 is 17.8. The lowest BCUT2D eigenvalue weighted by Crippen LogP contribution is -2.23. The van der Waals surface area contributed by atoms with Crippen molar-refractivity contribution in [2.75, 3.05) is 6.61 Å². The van der Waals surface area contributed by atoms with Crippen LogP contribution in [0.25, 0.3) is 0 Å². The van der Waals surface area contributed by atoms with Crippen molar-refractivity contribution in [3.8, 4) is 11.8 Å². The van der Waals surface area contributed by atoms with Gasteiger partial charge < -0.3 is 14.9 Å². The van der Waals surface area contributed by atoms with E-state index < -0.39 is 11.7 Å². The fraction of sp³-hybridized carbons (Fsp3) is 0.143. The van der Waals surface area contributed by atoms with Gasteiger partial charge in [0.15, 0.2) is 0 Å². The Labute approximate surface area is 114 Å². The van der Waals surface area contributed by atoms with Gasteiger partial charge in [-0.1, -0.05) is 17.0 Å². The molecule has 20 heavy (non-hydrogen) atoms. The van der Waals surface area contributed by atoms with Gasteiger partial charge in [0.05, 0.1) is 12.1 Å². The fourth-order valence-corrected chi connectivity index (χ4v) is 1.55. The summed E-state index contributed by atoms with van der Waals surface area (Å²) >= 11 is 0. The van der Waals surface area contributed by atoms with Crippen molar-refractivity contribution in [3.63, 3.8) is 0 Å². The van der Waals surface area contributed by atoms with Crippen LogP contribution >= 0.6 is 0 Å². The van der Waals surface area contributed by atoms with Crippen LogP contribution in [0.2, 0.25) is 0 Å². The average Bonchev–Trinajstić information content (AvgIpc) is 2.96. The van der Waals surface area contributed by atoms with Crippen molar-refractivity contribution < 1.29 is 18.8 Å². The quantitative estimate of drug-likeness (QED) is 0.821. The molecule has 0 aliphatic carbocycles. The summed E-state index contributed by atoms with van der Waals surface area (Å²) in [4.78, 5) is 12.0. The molecule has 2 N–H and O–H groups in total. The molecular weight excluding hydrogens is 263 g/mol. The second kappa shape index (κ2) is 6.50. The van der Waals surface area contributed by atoms with Crippen molar-refractivity contribution in [1.29, 1.82) is 0 Å². The normalized spacial score (nSPS) is 9.70. The number of benzene rings is 1. The number of hydrogen-bond acceptors (Lipinski definition) is 4. The monoisotopic (exact) mass is 274 g/mol. The van der Waals surface area contributed by atoms with E-state index in [0.717, 1.165) is 6.07 Å². The van der Waals surface area contributed by atoms with E-state index in [2.05, 4.69) is 26.8 Å². The van der Waals surface area contributed by atoms with Crippen LogP contribution in [-0.2, 0) is 6.54 Å². The molecule has 1 heterocycles. The summed E-state index contributed by atoms with van der Waals surface area (Å²) in [5.41, 5.74) is 1.02. The molecule has 0 radical (unpaired) electrons. The highest BCUT2D eigenvalue weighted by Gasteiger charge is 2.11. The van der Waals surface area contributed by atoms with Gasteiger partial charge in [-0.05, 0) is 18.2 Å². The molecule has 0 aliphatic rings. The minimum absolute atomic E-state index is 0.194. The smallest absolute Gasteiger partial charge is 0.252 e. The van der Waals surface area contributed by atoms with Gasteiger partial charge in [-0.15, -0.1) is 0 Å². The number of aliphatic hydroxyl groups is 1. The zero-order valence-corrected chi connectivity index (χ0v) is 10.4. The highest BCUT2D eigenvalue weighted by Crippen LogP contribution is 2.10. The van der Waals surface area contributed by atoms with Gasteiger partial charge in [0, 0.05) is 11.6 Å². The van der Waals surface area contributed by atoms with Crippen molar-refractivity contribution in [1.82, 2.24) is 10.5 Å². The highest BCUT2D eigenvalue weighted by atomic mass is 19.1. The molecule has 0 aliphatic heterocycles. The van der Waals surface area contributed by atoms with E-state index in [9.17, 15) is 9.18 Å². The molecule has 2 aromatic rings. The third kappa shape index (κ3) is 3.43. The molecule has 0 saturated heterocycles. The van der Waals surface area contributed by atoms with E-state index in [4.69, 9.17) is 5.11 Å². The largest absolute Gasteiger partial charge is 0.384 e. The summed E-state index contributed by atoms with van der Waals surface area (Å²) in [6.07, 6.45) is 1.40. The molecule has 5 nitrogen and oxygen atoms in total. The maximum atomic E-state index is 13.2. The molecule has 0 saturated carbocycles. The van der Waals surface area contributed by atoms with Crippen LogP contribution in [0, 0.1) is 17.7 Å². The fourth-order valence-electron chi connectivity index (χ4n) is 1.55. The second-order valence-electron chi connectivity index (χ2n) is 3.82. The number of carbonyl (C=O) groups excluding carboxylic acids is 1. The summed E-state index contributed by atoms with van der Waals surface area (Å²) in [6.45, 7) is -0.171. The molecule has 6 heteroatoms. The maximum Gasteiger partial charge on any atom is 0.252 e. The summed E-state index contributed by atoms with van der Waals surface area (Å²) in [5, 5.41) is 14.9. The minimum Gasteiger partial charge on any atom is -0.384 e. The molecule has 0 spiro atoms. The molecular formula is C14H11FN2O3. The standard InChI is InChI=1S/C14H11FN2O3/c15-11-3-4-13(10(8-11)2-1-6-18)14(19)16-9-12-5-7-20-17-12/h3-5,7-8,18H,6,9H2,(H,16,19). The van der Waals surface area contributed by atoms with Crippen LogP contribution in [0.3, 0.4) is 0 Å². The lowest BCUT2D eigenvalue weighted by molar-refractivity contribution is 0.0950. The Morgan fingerprint density at radius 3 is 3.00 bits per heavy atom. The molecule has 0 unspecified atom stereocenters. The molecule has 0 atom stereocenters. The number of halogens is 1. The number of rotatable bonds is 3. The van der Waals surface area contributed by atoms with Gasteiger partial charge in [0.2, 0.25) is 0 Å². The first-order valence-corrected chi connectivity index (χ1v) is 5.77. The molecule has 102 valence electrons. The van der Waals surface area contributed by atoms with Gasteiger partial charge in [0.25, 0.3) is 5.91 Å². The van der Waals surface area contributed by atoms with Crippen molar-refractivity contribution in [2.24, 2.45) is 0 Å². The number of nitrogens with one attached hydrogen (secondary N) is 1. The van der Waals surface area contributed by atoms with E-state index in [0.29, 0.717) is 5.69 Å². The van der Waals surface area contributed by atoms with Gasteiger partial charge in [-0.2, -0.15) is 0 Å². The second-order valence-corrected chi connectivity index (χ2v) is 3.82. The van der Waals surface area contributed by atoms with Crippen LogP contribution in [0.5, 0.6) is 0 Å². The van der Waals surface area contributed by atoms with Gasteiger partial charge in [0.1, 0.15) is 24.4 Å². The summed E-state index contributed by atoms with van der Waals surface area (Å²) in [6, 6.07) is 5.29. The van der Waals surface area contributed by atoms with E-state index in [1.807, 2.05) is 0 Å². The topological polar surface area (TPSA) is 75.4 Å². The lowest BCUT2D eigenvalue weighted by Gasteiger charge is -2.05. The van der Waals surface area contributed by atoms with Crippen LogP contribution in [0.4, 0.5) is 4.39 Å². The molecule has 0 fully saturated rings. The van der Waals surface area contributed by atoms with Gasteiger partial charge in [-0.3, -0.25) is 4.79 Å². The third-order valence-corrected chi connectivity index (χ3v) is 2.45. The van der Waals surface area contributed by atoms with Gasteiger partial charge in [-0.25, -0.2) is 4.39 Å². The number of aromatic nitrogens is 1. The number of amides is 1. The SMILES string of the molecule is O=C(NCc1ccon1)c1ccc(F)cc1C#CCO. The molecule has 1 amide bonds. The first-order valence-electron chi connectivity index (χ1n) is 5.77. The van der Waals surface area contributed by atoms with Crippen LogP contribution in [0.1, 0.15) is 21.6 Å². The van der Waals surface area contributed by atoms with E-state index in [1.165, 1.54) is 18.4 Å². The molecule has 2 rings (SSSR count). The van der Waals surface area contributed by atoms with Crippen LogP contribution in [-0.4, -0.2) is 22.8 Å². The Morgan fingerprint density at radius 1 is 1.45 bits per heavy atom. The zero-order chi connectivity index (χ0) is 14.4. The van der Waals surface area contributed by atoms with Crippen LogP contribution in [0.15, 0.2) is 35.1 Å². The Balaban J connectivity index is 2.16. The number of hydrogen-bond donors (Lipinski definition) is 2. The first kappa shape index (κ1) is 13.8. The Morgan fingerprint density at radius 2 is 2.30 bits per heavy atom. The third-order valence-electron chi connectivity index (χ3n) is 2.45. The van der Waals surface area contributed by atoms with E-state index >= 15 is 0 Å². The zero-order valence-electron chi connectivity index (χ0n) is 10.4. The van der Waals surface area contributed by atoms with Crippen molar-refractivity contribution >= 4 is 5.91 Å². The number of carbonyl (C=O) groups is 1. The number of nitrogens with zero attached hydrogens (tertiary/aromatic N) is 1.